The number of benzene rings is 1. The Kier molecular flexibility index (Phi) is 4.99. The molecule has 0 spiro atoms. The van der Waals surface area contributed by atoms with E-state index in [1.54, 1.807) is 19.4 Å². The van der Waals surface area contributed by atoms with Crippen LogP contribution in [-0.4, -0.2) is 23.1 Å². The van der Waals surface area contributed by atoms with Gasteiger partial charge in [-0.1, -0.05) is 27.2 Å². The lowest BCUT2D eigenvalue weighted by molar-refractivity contribution is 0.318. The highest BCUT2D eigenvalue weighted by Gasteiger charge is 2.08. The van der Waals surface area contributed by atoms with Gasteiger partial charge in [-0.25, -0.2) is 0 Å². The molecule has 1 aromatic carbocycles. The predicted octanol–water partition coefficient (Wildman–Crippen LogP) is 2.56. The Morgan fingerprint density at radius 3 is 3.00 bits per heavy atom. The van der Waals surface area contributed by atoms with Crippen molar-refractivity contribution in [3.05, 3.63) is 52.3 Å². The molecule has 1 aromatic heterocycles. The van der Waals surface area contributed by atoms with Gasteiger partial charge < -0.3 is 21.0 Å². The number of oxime groups is 1. The molecule has 2 rings (SSSR count). The summed E-state index contributed by atoms with van der Waals surface area (Å²) < 4.78 is 6.12. The molecule has 0 amide bonds. The molecule has 0 atom stereocenters. The van der Waals surface area contributed by atoms with Gasteiger partial charge in [0.05, 0.1) is 7.11 Å². The molecule has 0 bridgehead atoms. The zero-order valence-corrected chi connectivity index (χ0v) is 13.0. The summed E-state index contributed by atoms with van der Waals surface area (Å²) in [5.74, 6) is 0.731. The molecule has 1 heterocycles. The van der Waals surface area contributed by atoms with Gasteiger partial charge in [0, 0.05) is 34.5 Å². The fourth-order valence-electron chi connectivity index (χ4n) is 1.84. The minimum absolute atomic E-state index is 0.0146. The van der Waals surface area contributed by atoms with Crippen molar-refractivity contribution >= 4 is 27.5 Å². The van der Waals surface area contributed by atoms with Crippen LogP contribution in [0.2, 0.25) is 0 Å². The third-order valence-electron chi connectivity index (χ3n) is 2.83. The monoisotopic (exact) mass is 350 g/mol. The Morgan fingerprint density at radius 2 is 2.29 bits per heavy atom. The van der Waals surface area contributed by atoms with Gasteiger partial charge in [-0.15, -0.1) is 0 Å². The molecule has 0 saturated carbocycles. The van der Waals surface area contributed by atoms with Crippen LogP contribution in [0.1, 0.15) is 11.3 Å². The van der Waals surface area contributed by atoms with Gasteiger partial charge >= 0.3 is 0 Å². The Bertz CT molecular complexity index is 661. The molecule has 6 nitrogen and oxygen atoms in total. The van der Waals surface area contributed by atoms with E-state index in [4.69, 9.17) is 15.7 Å². The molecule has 0 aliphatic carbocycles. The average molecular weight is 351 g/mol. The lowest BCUT2D eigenvalue weighted by Crippen LogP contribution is -2.18. The SMILES string of the molecule is COc1cc(Br)cc(NCc2cccnc2/C(N)=N/O)c1. The van der Waals surface area contributed by atoms with E-state index in [1.807, 2.05) is 24.3 Å². The van der Waals surface area contributed by atoms with Crippen molar-refractivity contribution in [1.82, 2.24) is 4.98 Å². The largest absolute Gasteiger partial charge is 0.497 e. The van der Waals surface area contributed by atoms with Crippen molar-refractivity contribution in [2.45, 2.75) is 6.54 Å². The fourth-order valence-corrected chi connectivity index (χ4v) is 2.31. The number of nitrogens with one attached hydrogen (secondary N) is 1. The van der Waals surface area contributed by atoms with Gasteiger partial charge in [0.25, 0.3) is 0 Å². The van der Waals surface area contributed by atoms with Crippen LogP contribution in [0, 0.1) is 0 Å². The first-order valence-corrected chi connectivity index (χ1v) is 6.93. The first-order valence-electron chi connectivity index (χ1n) is 6.14. The summed E-state index contributed by atoms with van der Waals surface area (Å²) in [6, 6.07) is 9.35. The lowest BCUT2D eigenvalue weighted by Gasteiger charge is -2.11. The summed E-state index contributed by atoms with van der Waals surface area (Å²) >= 11 is 3.42. The normalized spacial score (nSPS) is 11.2. The first kappa shape index (κ1) is 15.1. The maximum absolute atomic E-state index is 8.78. The molecule has 0 radical (unpaired) electrons. The second kappa shape index (κ2) is 6.94. The maximum atomic E-state index is 8.78. The molecule has 110 valence electrons. The number of halogens is 1. The van der Waals surface area contributed by atoms with E-state index in [1.165, 1.54) is 0 Å². The molecular formula is C14H15BrN4O2. The Labute approximate surface area is 130 Å². The maximum Gasteiger partial charge on any atom is 0.189 e. The molecule has 0 aliphatic heterocycles. The Hall–Kier alpha value is -2.28. The molecule has 2 aromatic rings. The minimum Gasteiger partial charge on any atom is -0.497 e. The highest BCUT2D eigenvalue weighted by Crippen LogP contribution is 2.25. The van der Waals surface area contributed by atoms with E-state index in [0.29, 0.717) is 12.2 Å². The van der Waals surface area contributed by atoms with Crippen LogP contribution in [0.25, 0.3) is 0 Å². The van der Waals surface area contributed by atoms with E-state index in [-0.39, 0.29) is 5.84 Å². The van der Waals surface area contributed by atoms with E-state index < -0.39 is 0 Å². The highest BCUT2D eigenvalue weighted by atomic mass is 79.9. The van der Waals surface area contributed by atoms with Crippen LogP contribution in [-0.2, 0) is 6.54 Å². The zero-order valence-electron chi connectivity index (χ0n) is 11.4. The van der Waals surface area contributed by atoms with Gasteiger partial charge in [-0.3, -0.25) is 4.98 Å². The molecule has 0 fully saturated rings. The zero-order chi connectivity index (χ0) is 15.2. The first-order chi connectivity index (χ1) is 10.1. The number of rotatable bonds is 5. The number of ether oxygens (including phenoxy) is 1. The molecule has 4 N–H and O–H groups in total. The van der Waals surface area contributed by atoms with Crippen LogP contribution in [0.5, 0.6) is 5.75 Å². The smallest absolute Gasteiger partial charge is 0.189 e. The number of hydrogen-bond acceptors (Lipinski definition) is 5. The summed E-state index contributed by atoms with van der Waals surface area (Å²) in [7, 11) is 1.61. The number of nitrogens with two attached hydrogens (primary N) is 1. The highest BCUT2D eigenvalue weighted by molar-refractivity contribution is 9.10. The van der Waals surface area contributed by atoms with Gasteiger partial charge in [0.15, 0.2) is 5.84 Å². The second-order valence-electron chi connectivity index (χ2n) is 4.23. The third kappa shape index (κ3) is 3.85. The van der Waals surface area contributed by atoms with Crippen LogP contribution in [0.3, 0.4) is 0 Å². The topological polar surface area (TPSA) is 92.8 Å². The van der Waals surface area contributed by atoms with E-state index in [2.05, 4.69) is 31.4 Å². The van der Waals surface area contributed by atoms with Crippen molar-refractivity contribution in [2.24, 2.45) is 10.9 Å². The van der Waals surface area contributed by atoms with Crippen molar-refractivity contribution in [3.63, 3.8) is 0 Å². The second-order valence-corrected chi connectivity index (χ2v) is 5.15. The fraction of sp³-hybridized carbons (Fsp3) is 0.143. The number of aromatic nitrogens is 1. The number of pyridine rings is 1. The van der Waals surface area contributed by atoms with E-state index >= 15 is 0 Å². The number of nitrogens with zero attached hydrogens (tertiary/aromatic N) is 2. The van der Waals surface area contributed by atoms with Crippen LogP contribution in [0.4, 0.5) is 5.69 Å². The molecule has 7 heteroatoms. The number of anilines is 1. The summed E-state index contributed by atoms with van der Waals surface area (Å²) in [5, 5.41) is 15.0. The van der Waals surface area contributed by atoms with E-state index in [0.717, 1.165) is 21.5 Å². The van der Waals surface area contributed by atoms with Gasteiger partial charge in [0.2, 0.25) is 0 Å². The van der Waals surface area contributed by atoms with E-state index in [9.17, 15) is 0 Å². The average Bonchev–Trinajstić information content (AvgIpc) is 2.51. The van der Waals surface area contributed by atoms with Gasteiger partial charge in [0.1, 0.15) is 11.4 Å². The molecule has 21 heavy (non-hydrogen) atoms. The summed E-state index contributed by atoms with van der Waals surface area (Å²) in [5.41, 5.74) is 7.78. The standard InChI is InChI=1S/C14H15BrN4O2/c1-21-12-6-10(15)5-11(7-12)18-8-9-3-2-4-17-13(9)14(16)19-20/h2-7,18,20H,8H2,1H3,(H2,16,19). The number of methoxy groups -OCH3 is 1. The number of hydrogen-bond donors (Lipinski definition) is 3. The van der Waals surface area contributed by atoms with Crippen LogP contribution >= 0.6 is 15.9 Å². The van der Waals surface area contributed by atoms with Crippen molar-refractivity contribution in [3.8, 4) is 5.75 Å². The van der Waals surface area contributed by atoms with Crippen molar-refractivity contribution in [1.29, 1.82) is 0 Å². The van der Waals surface area contributed by atoms with Gasteiger partial charge in [-0.2, -0.15) is 0 Å². The van der Waals surface area contributed by atoms with Crippen molar-refractivity contribution < 1.29 is 9.94 Å². The predicted molar refractivity (Wildman–Crippen MR) is 84.8 cm³/mol. The summed E-state index contributed by atoms with van der Waals surface area (Å²) in [6.07, 6.45) is 1.60. The Balaban J connectivity index is 2.19. The number of amidine groups is 1. The summed E-state index contributed by atoms with van der Waals surface area (Å²) in [6.45, 7) is 0.485. The lowest BCUT2D eigenvalue weighted by atomic mass is 10.1. The van der Waals surface area contributed by atoms with Crippen LogP contribution in [0.15, 0.2) is 46.2 Å². The minimum atomic E-state index is -0.0146. The third-order valence-corrected chi connectivity index (χ3v) is 3.29. The molecule has 0 saturated heterocycles. The van der Waals surface area contributed by atoms with Crippen molar-refractivity contribution in [2.75, 3.05) is 12.4 Å². The summed E-state index contributed by atoms with van der Waals surface area (Å²) in [4.78, 5) is 4.12. The van der Waals surface area contributed by atoms with Crippen LogP contribution < -0.4 is 15.8 Å². The molecule has 0 aliphatic rings. The molecular weight excluding hydrogens is 336 g/mol. The Morgan fingerprint density at radius 1 is 1.48 bits per heavy atom. The molecule has 0 unspecified atom stereocenters. The van der Waals surface area contributed by atoms with Gasteiger partial charge in [-0.05, 0) is 18.2 Å². The quantitative estimate of drug-likeness (QED) is 0.333.